The number of ether oxygens (including phenoxy) is 1. The minimum absolute atomic E-state index is 0.0336. The molecule has 1 fully saturated rings. The predicted molar refractivity (Wildman–Crippen MR) is 82.3 cm³/mol. The molecule has 0 bridgehead atoms. The Kier molecular flexibility index (Phi) is 5.63. The lowest BCUT2D eigenvalue weighted by Crippen LogP contribution is -2.41. The molecule has 5 nitrogen and oxygen atoms in total. The Hall–Kier alpha value is -1.78. The summed E-state index contributed by atoms with van der Waals surface area (Å²) in [5.41, 5.74) is 0.562. The average Bonchev–Trinajstić information content (AvgIpc) is 2.99. The van der Waals surface area contributed by atoms with E-state index in [9.17, 15) is 9.59 Å². The molecule has 1 atom stereocenters. The summed E-state index contributed by atoms with van der Waals surface area (Å²) in [4.78, 5) is 26.1. The molecular formula is C17H25NO4. The molecule has 0 unspecified atom stereocenters. The number of rotatable bonds is 5. The summed E-state index contributed by atoms with van der Waals surface area (Å²) in [6.07, 6.45) is 5.11. The standard InChI is InChI=1S/C17H25NO4/c1-12(2)10-13(3)22-17(20)14-4-7-18(8-5-14)16(19)15-6-9-21-11-15/h6,9,11-14H,4-5,7-8,10H2,1-3H3/t13-/m1/s1. The van der Waals surface area contributed by atoms with E-state index in [0.29, 0.717) is 37.4 Å². The Morgan fingerprint density at radius 2 is 2.00 bits per heavy atom. The minimum atomic E-state index is -0.122. The summed E-state index contributed by atoms with van der Waals surface area (Å²) in [5.74, 6) is 0.262. The maximum Gasteiger partial charge on any atom is 0.309 e. The zero-order valence-corrected chi connectivity index (χ0v) is 13.6. The van der Waals surface area contributed by atoms with Crippen molar-refractivity contribution in [2.45, 2.75) is 46.1 Å². The number of hydrogen-bond donors (Lipinski definition) is 0. The quantitative estimate of drug-likeness (QED) is 0.784. The van der Waals surface area contributed by atoms with Crippen LogP contribution < -0.4 is 0 Å². The van der Waals surface area contributed by atoms with E-state index in [1.165, 1.54) is 12.5 Å². The van der Waals surface area contributed by atoms with Gasteiger partial charge in [0.05, 0.1) is 23.8 Å². The molecule has 0 saturated carbocycles. The van der Waals surface area contributed by atoms with Gasteiger partial charge in [0.15, 0.2) is 0 Å². The molecule has 5 heteroatoms. The molecule has 0 aliphatic carbocycles. The van der Waals surface area contributed by atoms with Gasteiger partial charge in [0.2, 0.25) is 0 Å². The number of piperidine rings is 1. The molecule has 0 spiro atoms. The van der Waals surface area contributed by atoms with Crippen LogP contribution in [0.1, 0.15) is 50.4 Å². The van der Waals surface area contributed by atoms with Crippen LogP contribution in [-0.2, 0) is 9.53 Å². The molecule has 2 heterocycles. The maximum atomic E-state index is 12.2. The van der Waals surface area contributed by atoms with Gasteiger partial charge in [-0.25, -0.2) is 0 Å². The average molecular weight is 307 g/mol. The molecule has 1 aliphatic rings. The van der Waals surface area contributed by atoms with Crippen molar-refractivity contribution in [3.8, 4) is 0 Å². The Bertz CT molecular complexity index is 487. The first-order valence-corrected chi connectivity index (χ1v) is 7.99. The number of carbonyl (C=O) groups is 2. The summed E-state index contributed by atoms with van der Waals surface area (Å²) in [6, 6.07) is 1.66. The van der Waals surface area contributed by atoms with Crippen molar-refractivity contribution in [1.82, 2.24) is 4.90 Å². The van der Waals surface area contributed by atoms with E-state index < -0.39 is 0 Å². The van der Waals surface area contributed by atoms with Gasteiger partial charge in [0.25, 0.3) is 5.91 Å². The van der Waals surface area contributed by atoms with Gasteiger partial charge in [-0.15, -0.1) is 0 Å². The van der Waals surface area contributed by atoms with E-state index in [0.717, 1.165) is 6.42 Å². The first-order chi connectivity index (χ1) is 10.5. The fourth-order valence-corrected chi connectivity index (χ4v) is 2.89. The van der Waals surface area contributed by atoms with Crippen molar-refractivity contribution < 1.29 is 18.7 Å². The van der Waals surface area contributed by atoms with E-state index >= 15 is 0 Å². The van der Waals surface area contributed by atoms with Crippen molar-refractivity contribution in [2.24, 2.45) is 11.8 Å². The highest BCUT2D eigenvalue weighted by molar-refractivity contribution is 5.94. The van der Waals surface area contributed by atoms with Crippen LogP contribution in [0.2, 0.25) is 0 Å². The van der Waals surface area contributed by atoms with E-state index in [1.807, 2.05) is 6.92 Å². The largest absolute Gasteiger partial charge is 0.472 e. The Balaban J connectivity index is 1.79. The van der Waals surface area contributed by atoms with Crippen LogP contribution in [0.25, 0.3) is 0 Å². The molecule has 2 rings (SSSR count). The summed E-state index contributed by atoms with van der Waals surface area (Å²) >= 11 is 0. The molecule has 1 aromatic rings. The van der Waals surface area contributed by atoms with Gasteiger partial charge in [-0.05, 0) is 38.2 Å². The molecule has 122 valence electrons. The van der Waals surface area contributed by atoms with E-state index in [4.69, 9.17) is 9.15 Å². The molecule has 1 aliphatic heterocycles. The zero-order chi connectivity index (χ0) is 16.1. The molecule has 0 radical (unpaired) electrons. The highest BCUT2D eigenvalue weighted by atomic mass is 16.5. The first-order valence-electron chi connectivity index (χ1n) is 7.99. The van der Waals surface area contributed by atoms with Crippen molar-refractivity contribution in [1.29, 1.82) is 0 Å². The van der Waals surface area contributed by atoms with Crippen LogP contribution >= 0.6 is 0 Å². The first kappa shape index (κ1) is 16.6. The lowest BCUT2D eigenvalue weighted by molar-refractivity contribution is -0.155. The number of amides is 1. The van der Waals surface area contributed by atoms with Crippen molar-refractivity contribution in [2.75, 3.05) is 13.1 Å². The van der Waals surface area contributed by atoms with Gasteiger partial charge in [0.1, 0.15) is 6.26 Å². The molecule has 1 amide bonds. The van der Waals surface area contributed by atoms with Crippen LogP contribution in [0.4, 0.5) is 0 Å². The Morgan fingerprint density at radius 3 is 2.55 bits per heavy atom. The number of likely N-dealkylation sites (tertiary alicyclic amines) is 1. The fraction of sp³-hybridized carbons (Fsp3) is 0.647. The molecule has 0 aromatic carbocycles. The normalized spacial score (nSPS) is 17.5. The van der Waals surface area contributed by atoms with Gasteiger partial charge in [-0.3, -0.25) is 9.59 Å². The number of carbonyl (C=O) groups excluding carboxylic acids is 2. The third-order valence-corrected chi connectivity index (χ3v) is 4.00. The third kappa shape index (κ3) is 4.36. The Labute approximate surface area is 131 Å². The number of esters is 1. The summed E-state index contributed by atoms with van der Waals surface area (Å²) in [6.45, 7) is 7.34. The number of nitrogens with zero attached hydrogens (tertiary/aromatic N) is 1. The fourth-order valence-electron chi connectivity index (χ4n) is 2.89. The highest BCUT2D eigenvalue weighted by Gasteiger charge is 2.29. The van der Waals surface area contributed by atoms with Crippen LogP contribution in [-0.4, -0.2) is 36.0 Å². The monoisotopic (exact) mass is 307 g/mol. The van der Waals surface area contributed by atoms with Gasteiger partial charge < -0.3 is 14.1 Å². The summed E-state index contributed by atoms with van der Waals surface area (Å²) < 4.78 is 10.5. The molecule has 22 heavy (non-hydrogen) atoms. The second-order valence-corrected chi connectivity index (χ2v) is 6.46. The van der Waals surface area contributed by atoms with E-state index in [-0.39, 0.29) is 23.9 Å². The van der Waals surface area contributed by atoms with Crippen molar-refractivity contribution in [3.05, 3.63) is 24.2 Å². The van der Waals surface area contributed by atoms with Crippen molar-refractivity contribution >= 4 is 11.9 Å². The maximum absolute atomic E-state index is 12.2. The van der Waals surface area contributed by atoms with Gasteiger partial charge in [-0.1, -0.05) is 13.8 Å². The topological polar surface area (TPSA) is 59.8 Å². The van der Waals surface area contributed by atoms with Gasteiger partial charge in [-0.2, -0.15) is 0 Å². The molecule has 0 N–H and O–H groups in total. The Morgan fingerprint density at radius 1 is 1.32 bits per heavy atom. The van der Waals surface area contributed by atoms with Crippen LogP contribution in [0.5, 0.6) is 0 Å². The smallest absolute Gasteiger partial charge is 0.309 e. The second kappa shape index (κ2) is 7.47. The third-order valence-electron chi connectivity index (χ3n) is 4.00. The van der Waals surface area contributed by atoms with Gasteiger partial charge in [0, 0.05) is 13.1 Å². The molecule has 1 aromatic heterocycles. The van der Waals surface area contributed by atoms with E-state index in [1.54, 1.807) is 11.0 Å². The minimum Gasteiger partial charge on any atom is -0.472 e. The SMILES string of the molecule is CC(C)C[C@@H](C)OC(=O)C1CCN(C(=O)c2ccoc2)CC1. The summed E-state index contributed by atoms with van der Waals surface area (Å²) in [7, 11) is 0. The number of furan rings is 1. The van der Waals surface area contributed by atoms with Crippen LogP contribution in [0.15, 0.2) is 23.0 Å². The highest BCUT2D eigenvalue weighted by Crippen LogP contribution is 2.22. The van der Waals surface area contributed by atoms with Crippen LogP contribution in [0, 0.1) is 11.8 Å². The van der Waals surface area contributed by atoms with E-state index in [2.05, 4.69) is 13.8 Å². The number of hydrogen-bond acceptors (Lipinski definition) is 4. The molecule has 1 saturated heterocycles. The lowest BCUT2D eigenvalue weighted by Gasteiger charge is -2.31. The molecular weight excluding hydrogens is 282 g/mol. The van der Waals surface area contributed by atoms with Crippen LogP contribution in [0.3, 0.4) is 0 Å². The second-order valence-electron chi connectivity index (χ2n) is 6.46. The lowest BCUT2D eigenvalue weighted by atomic mass is 9.96. The predicted octanol–water partition coefficient (Wildman–Crippen LogP) is 3.11. The zero-order valence-electron chi connectivity index (χ0n) is 13.6. The van der Waals surface area contributed by atoms with Crippen molar-refractivity contribution in [3.63, 3.8) is 0 Å². The van der Waals surface area contributed by atoms with Gasteiger partial charge >= 0.3 is 5.97 Å². The summed E-state index contributed by atoms with van der Waals surface area (Å²) in [5, 5.41) is 0.